The minimum absolute atomic E-state index is 0.0175. The Bertz CT molecular complexity index is 1980. The number of rotatable bonds is 7. The fourth-order valence-electron chi connectivity index (χ4n) is 6.53. The molecule has 2 aliphatic heterocycles. The van der Waals surface area contributed by atoms with Gasteiger partial charge in [-0.25, -0.2) is 17.6 Å². The lowest BCUT2D eigenvalue weighted by molar-refractivity contribution is 0.0174. The quantitative estimate of drug-likeness (QED) is 0.245. The molecule has 0 saturated carbocycles. The first-order chi connectivity index (χ1) is 22.2. The second-order valence-corrected chi connectivity index (χ2v) is 15.8. The number of aromatic amines is 1. The van der Waals surface area contributed by atoms with E-state index >= 15 is 4.39 Å². The van der Waals surface area contributed by atoms with Gasteiger partial charge in [-0.15, -0.1) is 0 Å². The molecule has 12 heteroatoms. The second kappa shape index (κ2) is 12.4. The van der Waals surface area contributed by atoms with Gasteiger partial charge in [0, 0.05) is 68.4 Å². The molecule has 0 spiro atoms. The lowest BCUT2D eigenvalue weighted by atomic mass is 9.83. The van der Waals surface area contributed by atoms with Gasteiger partial charge >= 0.3 is 6.09 Å². The third kappa shape index (κ3) is 6.88. The van der Waals surface area contributed by atoms with E-state index in [2.05, 4.69) is 4.98 Å². The summed E-state index contributed by atoms with van der Waals surface area (Å²) in [4.78, 5) is 31.9. The smallest absolute Gasteiger partial charge is 0.410 e. The number of halogens is 1. The Morgan fingerprint density at radius 1 is 1.02 bits per heavy atom. The van der Waals surface area contributed by atoms with E-state index in [-0.39, 0.29) is 28.0 Å². The van der Waals surface area contributed by atoms with Crippen molar-refractivity contribution in [3.8, 4) is 22.6 Å². The second-order valence-electron chi connectivity index (χ2n) is 13.8. The number of benzene rings is 2. The van der Waals surface area contributed by atoms with Crippen molar-refractivity contribution in [3.63, 3.8) is 0 Å². The molecule has 0 aliphatic carbocycles. The topological polar surface area (TPSA) is 114 Å². The van der Waals surface area contributed by atoms with Crippen LogP contribution in [-0.4, -0.2) is 67.0 Å². The number of carbonyl (C=O) groups excluding carboxylic acids is 1. The zero-order valence-electron chi connectivity index (χ0n) is 27.4. The van der Waals surface area contributed by atoms with Gasteiger partial charge in [-0.05, 0) is 88.3 Å². The van der Waals surface area contributed by atoms with Crippen LogP contribution in [0.5, 0.6) is 11.5 Å². The number of sulfone groups is 1. The first-order valence-corrected chi connectivity index (χ1v) is 17.8. The maximum atomic E-state index is 16.0. The summed E-state index contributed by atoms with van der Waals surface area (Å²) in [6, 6.07) is 11.2. The van der Waals surface area contributed by atoms with Crippen molar-refractivity contribution < 1.29 is 27.1 Å². The maximum Gasteiger partial charge on any atom is 0.410 e. The van der Waals surface area contributed by atoms with Gasteiger partial charge in [0.2, 0.25) is 0 Å². The molecule has 10 nitrogen and oxygen atoms in total. The van der Waals surface area contributed by atoms with Crippen molar-refractivity contribution in [2.75, 3.05) is 37.3 Å². The minimum atomic E-state index is -3.57. The molecular formula is C35H41FN4O6S. The van der Waals surface area contributed by atoms with Crippen LogP contribution in [-0.2, 0) is 21.6 Å². The number of aryl methyl sites for hydroxylation is 1. The Balaban J connectivity index is 1.17. The van der Waals surface area contributed by atoms with E-state index < -0.39 is 21.3 Å². The number of hydrogen-bond acceptors (Lipinski definition) is 7. The average molecular weight is 665 g/mol. The number of H-pyrrole nitrogens is 1. The van der Waals surface area contributed by atoms with Crippen LogP contribution in [0.1, 0.15) is 40.0 Å². The van der Waals surface area contributed by atoms with Gasteiger partial charge in [-0.1, -0.05) is 6.07 Å². The highest BCUT2D eigenvalue weighted by Gasteiger charge is 2.34. The SMILES string of the molecule is Cn1cc(-c2cc(S(C)(=O)=O)ccc2Oc2cccc(N3CC(CC4CCN(C(=O)OC(C)(C)C)CC4)C3)c2F)c2cc[nH]c2c1=O. The Hall–Kier alpha value is -4.32. The number of carbonyl (C=O) groups is 1. The Morgan fingerprint density at radius 2 is 1.74 bits per heavy atom. The number of aromatic nitrogens is 2. The molecular weight excluding hydrogens is 623 g/mol. The summed E-state index contributed by atoms with van der Waals surface area (Å²) >= 11 is 0. The number of nitrogens with zero attached hydrogens (tertiary/aromatic N) is 3. The van der Waals surface area contributed by atoms with Crippen molar-refractivity contribution in [1.82, 2.24) is 14.5 Å². The van der Waals surface area contributed by atoms with E-state index in [9.17, 15) is 18.0 Å². The highest BCUT2D eigenvalue weighted by atomic mass is 32.2. The number of hydrogen-bond donors (Lipinski definition) is 1. The van der Waals surface area contributed by atoms with Gasteiger partial charge < -0.3 is 28.8 Å². The molecule has 1 amide bonds. The summed E-state index contributed by atoms with van der Waals surface area (Å²) in [5, 5.41) is 0.597. The number of pyridine rings is 1. The van der Waals surface area contributed by atoms with Crippen LogP contribution in [0.15, 0.2) is 64.5 Å². The number of amides is 1. The van der Waals surface area contributed by atoms with E-state index in [4.69, 9.17) is 9.47 Å². The van der Waals surface area contributed by atoms with Crippen molar-refractivity contribution in [3.05, 3.63) is 71.0 Å². The Labute approximate surface area is 274 Å². The molecule has 0 unspecified atom stereocenters. The van der Waals surface area contributed by atoms with E-state index in [1.54, 1.807) is 48.6 Å². The van der Waals surface area contributed by atoms with E-state index in [0.717, 1.165) is 38.6 Å². The third-order valence-corrected chi connectivity index (χ3v) is 10.1. The largest absolute Gasteiger partial charge is 0.454 e. The molecule has 0 atom stereocenters. The van der Waals surface area contributed by atoms with E-state index in [1.165, 1.54) is 22.8 Å². The normalized spacial score (nSPS) is 16.4. The molecule has 0 radical (unpaired) electrons. The third-order valence-electron chi connectivity index (χ3n) is 8.96. The Kier molecular flexibility index (Phi) is 8.58. The molecule has 2 aromatic carbocycles. The summed E-state index contributed by atoms with van der Waals surface area (Å²) in [7, 11) is -1.95. The molecule has 47 heavy (non-hydrogen) atoms. The Morgan fingerprint density at radius 3 is 2.43 bits per heavy atom. The predicted octanol–water partition coefficient (Wildman–Crippen LogP) is 6.34. The molecule has 250 valence electrons. The average Bonchev–Trinajstić information content (AvgIpc) is 3.48. The number of ether oxygens (including phenoxy) is 2. The van der Waals surface area contributed by atoms with Gasteiger partial charge in [0.1, 0.15) is 16.9 Å². The van der Waals surface area contributed by atoms with E-state index in [1.807, 2.05) is 25.7 Å². The number of likely N-dealkylation sites (tertiary alicyclic amines) is 1. The number of fused-ring (bicyclic) bond motifs is 1. The van der Waals surface area contributed by atoms with Crippen molar-refractivity contribution in [2.24, 2.45) is 18.9 Å². The van der Waals surface area contributed by atoms with Gasteiger partial charge in [0.05, 0.1) is 10.6 Å². The molecule has 2 aromatic heterocycles. The summed E-state index contributed by atoms with van der Waals surface area (Å²) in [5.41, 5.74) is 1.07. The molecule has 4 heterocycles. The van der Waals surface area contributed by atoms with Crippen LogP contribution in [0.2, 0.25) is 0 Å². The molecule has 2 aliphatic rings. The van der Waals surface area contributed by atoms with Gasteiger partial charge in [0.15, 0.2) is 21.4 Å². The zero-order chi connectivity index (χ0) is 33.7. The van der Waals surface area contributed by atoms with Gasteiger partial charge in [-0.2, -0.15) is 0 Å². The molecule has 1 N–H and O–H groups in total. The summed E-state index contributed by atoms with van der Waals surface area (Å²) in [6.07, 6.45) is 7.02. The molecule has 2 saturated heterocycles. The molecule has 4 aromatic rings. The monoisotopic (exact) mass is 664 g/mol. The summed E-state index contributed by atoms with van der Waals surface area (Å²) in [5.74, 6) is 0.720. The maximum absolute atomic E-state index is 16.0. The first kappa shape index (κ1) is 32.6. The van der Waals surface area contributed by atoms with Crippen LogP contribution < -0.4 is 15.2 Å². The van der Waals surface area contributed by atoms with E-state index in [0.29, 0.717) is 52.6 Å². The predicted molar refractivity (Wildman–Crippen MR) is 179 cm³/mol. The summed E-state index contributed by atoms with van der Waals surface area (Å²) < 4.78 is 54.1. The fourth-order valence-corrected chi connectivity index (χ4v) is 7.18. The van der Waals surface area contributed by atoms with Crippen LogP contribution >= 0.6 is 0 Å². The fraction of sp³-hybridized carbons (Fsp3) is 0.429. The minimum Gasteiger partial charge on any atom is -0.454 e. The van der Waals surface area contributed by atoms with Gasteiger partial charge in [0.25, 0.3) is 5.56 Å². The van der Waals surface area contributed by atoms with Crippen LogP contribution in [0, 0.1) is 17.7 Å². The molecule has 2 fully saturated rings. The van der Waals surface area contributed by atoms with Crippen LogP contribution in [0.25, 0.3) is 22.0 Å². The van der Waals surface area contributed by atoms with Crippen molar-refractivity contribution in [1.29, 1.82) is 0 Å². The lowest BCUT2D eigenvalue weighted by Gasteiger charge is -2.43. The molecule has 0 bridgehead atoms. The van der Waals surface area contributed by atoms with Crippen molar-refractivity contribution in [2.45, 2.75) is 50.5 Å². The first-order valence-electron chi connectivity index (χ1n) is 15.9. The standard InChI is InChI=1S/C35H41FN4O6S/c1-35(2,3)46-34(42)39-15-12-22(13-16-39)17-23-19-40(20-23)28-7-6-8-30(31(28)36)45-29-10-9-24(47(5,43)44)18-26(29)27-21-38(4)33(41)32-25(27)11-14-37-32/h6-11,14,18,21-23,37H,12-13,15-17,19-20H2,1-5H3. The number of anilines is 1. The highest BCUT2D eigenvalue weighted by Crippen LogP contribution is 2.41. The number of nitrogens with one attached hydrogen (secondary N) is 1. The van der Waals surface area contributed by atoms with Gasteiger partial charge in [-0.3, -0.25) is 4.79 Å². The highest BCUT2D eigenvalue weighted by molar-refractivity contribution is 7.90. The summed E-state index contributed by atoms with van der Waals surface area (Å²) in [6.45, 7) is 8.44. The lowest BCUT2D eigenvalue weighted by Crippen LogP contribution is -2.49. The number of piperidine rings is 1. The van der Waals surface area contributed by atoms with Crippen molar-refractivity contribution >= 4 is 32.5 Å². The van der Waals surface area contributed by atoms with Crippen LogP contribution in [0.3, 0.4) is 0 Å². The molecule has 6 rings (SSSR count). The van der Waals surface area contributed by atoms with Crippen LogP contribution in [0.4, 0.5) is 14.9 Å². The zero-order valence-corrected chi connectivity index (χ0v) is 28.2.